The molecule has 1 aliphatic rings. The van der Waals surface area contributed by atoms with Crippen LogP contribution in [0.1, 0.15) is 32.6 Å². The Morgan fingerprint density at radius 2 is 2.00 bits per heavy atom. The zero-order chi connectivity index (χ0) is 10.2. The average Bonchev–Trinajstić information content (AvgIpc) is 2.21. The quantitative estimate of drug-likeness (QED) is 0.547. The molecular weight excluding hydrogens is 198 g/mol. The third-order valence-electron chi connectivity index (χ3n) is 2.84. The van der Waals surface area contributed by atoms with Gasteiger partial charge in [0.15, 0.2) is 0 Å². The number of rotatable bonds is 6. The summed E-state index contributed by atoms with van der Waals surface area (Å²) in [5.41, 5.74) is 0. The first-order valence-corrected chi connectivity index (χ1v) is 6.19. The molecule has 0 radical (unpaired) electrons. The van der Waals surface area contributed by atoms with E-state index in [9.17, 15) is 0 Å². The summed E-state index contributed by atoms with van der Waals surface area (Å²) in [4.78, 5) is 0. The Labute approximate surface area is 92.3 Å². The summed E-state index contributed by atoms with van der Waals surface area (Å²) in [6.07, 6.45) is 4.96. The van der Waals surface area contributed by atoms with Crippen LogP contribution < -0.4 is 5.32 Å². The zero-order valence-electron chi connectivity index (χ0n) is 9.10. The van der Waals surface area contributed by atoms with Crippen LogP contribution >= 0.6 is 11.6 Å². The molecule has 0 atom stereocenters. The lowest BCUT2D eigenvalue weighted by Crippen LogP contribution is -2.29. The molecule has 2 nitrogen and oxygen atoms in total. The molecule has 0 amide bonds. The van der Waals surface area contributed by atoms with Crippen molar-refractivity contribution in [2.45, 2.75) is 38.0 Å². The number of alkyl halides is 1. The van der Waals surface area contributed by atoms with Crippen LogP contribution in [0.15, 0.2) is 0 Å². The van der Waals surface area contributed by atoms with Crippen molar-refractivity contribution in [1.29, 1.82) is 0 Å². The van der Waals surface area contributed by atoms with Crippen LogP contribution in [0.5, 0.6) is 0 Å². The lowest BCUT2D eigenvalue weighted by Gasteiger charge is -2.25. The molecule has 0 saturated heterocycles. The normalized spacial score (nSPS) is 27.9. The molecule has 0 aliphatic heterocycles. The summed E-state index contributed by atoms with van der Waals surface area (Å²) in [6.45, 7) is 5.80. The Kier molecular flexibility index (Phi) is 6.57. The molecule has 14 heavy (non-hydrogen) atoms. The molecule has 3 heteroatoms. The van der Waals surface area contributed by atoms with Gasteiger partial charge in [-0.05, 0) is 45.1 Å². The minimum absolute atomic E-state index is 0.440. The van der Waals surface area contributed by atoms with Crippen LogP contribution in [0.25, 0.3) is 0 Å². The van der Waals surface area contributed by atoms with Gasteiger partial charge in [-0.15, -0.1) is 11.6 Å². The van der Waals surface area contributed by atoms with E-state index in [0.717, 1.165) is 32.2 Å². The molecule has 1 N–H and O–H groups in total. The summed E-state index contributed by atoms with van der Waals surface area (Å²) in [5.74, 6) is 0.839. The van der Waals surface area contributed by atoms with E-state index in [4.69, 9.17) is 16.3 Å². The standard InChI is InChI=1S/C11H22ClNO/c1-2-14-8-7-13-9-10-3-5-11(12)6-4-10/h10-11,13H,2-9H2,1H3. The molecule has 1 fully saturated rings. The molecule has 1 saturated carbocycles. The topological polar surface area (TPSA) is 21.3 Å². The van der Waals surface area contributed by atoms with Crippen LogP contribution in [0, 0.1) is 5.92 Å². The molecular formula is C11H22ClNO. The summed E-state index contributed by atoms with van der Waals surface area (Å²) in [5, 5.41) is 3.88. The van der Waals surface area contributed by atoms with E-state index >= 15 is 0 Å². The Hall–Kier alpha value is 0.210. The SMILES string of the molecule is CCOCCNCC1CCC(Cl)CC1. The van der Waals surface area contributed by atoms with Crippen molar-refractivity contribution >= 4 is 11.6 Å². The molecule has 1 rings (SSSR count). The smallest absolute Gasteiger partial charge is 0.0590 e. The van der Waals surface area contributed by atoms with Gasteiger partial charge in [-0.2, -0.15) is 0 Å². The Morgan fingerprint density at radius 3 is 2.64 bits per heavy atom. The van der Waals surface area contributed by atoms with Crippen molar-refractivity contribution in [3.8, 4) is 0 Å². The van der Waals surface area contributed by atoms with Gasteiger partial charge in [0.2, 0.25) is 0 Å². The first-order valence-electron chi connectivity index (χ1n) is 5.75. The second-order valence-electron chi connectivity index (χ2n) is 4.02. The van der Waals surface area contributed by atoms with E-state index < -0.39 is 0 Å². The molecule has 0 heterocycles. The van der Waals surface area contributed by atoms with Crippen molar-refractivity contribution in [2.24, 2.45) is 5.92 Å². The second-order valence-corrected chi connectivity index (χ2v) is 4.64. The van der Waals surface area contributed by atoms with Crippen molar-refractivity contribution in [2.75, 3.05) is 26.3 Å². The van der Waals surface area contributed by atoms with Crippen LogP contribution in [-0.2, 0) is 4.74 Å². The number of halogens is 1. The summed E-state index contributed by atoms with van der Waals surface area (Å²) in [6, 6.07) is 0. The highest BCUT2D eigenvalue weighted by Gasteiger charge is 2.18. The fourth-order valence-corrected chi connectivity index (χ4v) is 2.17. The molecule has 0 spiro atoms. The molecule has 0 unspecified atom stereocenters. The Morgan fingerprint density at radius 1 is 1.29 bits per heavy atom. The van der Waals surface area contributed by atoms with Crippen molar-refractivity contribution in [1.82, 2.24) is 5.32 Å². The van der Waals surface area contributed by atoms with Gasteiger partial charge in [-0.25, -0.2) is 0 Å². The van der Waals surface area contributed by atoms with Crippen molar-refractivity contribution < 1.29 is 4.74 Å². The predicted molar refractivity (Wildman–Crippen MR) is 61.0 cm³/mol. The first kappa shape index (κ1) is 12.3. The van der Waals surface area contributed by atoms with E-state index in [1.807, 2.05) is 6.92 Å². The minimum Gasteiger partial charge on any atom is -0.380 e. The molecule has 1 aliphatic carbocycles. The fraction of sp³-hybridized carbons (Fsp3) is 1.00. The average molecular weight is 220 g/mol. The maximum Gasteiger partial charge on any atom is 0.0590 e. The number of hydrogen-bond acceptors (Lipinski definition) is 2. The largest absolute Gasteiger partial charge is 0.380 e. The van der Waals surface area contributed by atoms with E-state index in [1.54, 1.807) is 0 Å². The minimum atomic E-state index is 0.440. The molecule has 84 valence electrons. The second kappa shape index (κ2) is 7.49. The van der Waals surface area contributed by atoms with E-state index in [0.29, 0.717) is 5.38 Å². The van der Waals surface area contributed by atoms with Crippen LogP contribution in [-0.4, -0.2) is 31.7 Å². The highest BCUT2D eigenvalue weighted by atomic mass is 35.5. The van der Waals surface area contributed by atoms with Crippen LogP contribution in [0.3, 0.4) is 0 Å². The highest BCUT2D eigenvalue weighted by Crippen LogP contribution is 2.26. The fourth-order valence-electron chi connectivity index (χ4n) is 1.92. The maximum absolute atomic E-state index is 6.04. The summed E-state index contributed by atoms with van der Waals surface area (Å²) >= 11 is 6.04. The maximum atomic E-state index is 6.04. The van der Waals surface area contributed by atoms with E-state index in [1.165, 1.54) is 25.7 Å². The monoisotopic (exact) mass is 219 g/mol. The van der Waals surface area contributed by atoms with Gasteiger partial charge < -0.3 is 10.1 Å². The highest BCUT2D eigenvalue weighted by molar-refractivity contribution is 6.20. The van der Waals surface area contributed by atoms with Crippen LogP contribution in [0.4, 0.5) is 0 Å². The summed E-state index contributed by atoms with van der Waals surface area (Å²) < 4.78 is 5.26. The van der Waals surface area contributed by atoms with Gasteiger partial charge >= 0.3 is 0 Å². The van der Waals surface area contributed by atoms with E-state index in [2.05, 4.69) is 5.32 Å². The third-order valence-corrected chi connectivity index (χ3v) is 3.27. The molecule has 0 aromatic carbocycles. The molecule has 0 aromatic rings. The first-order chi connectivity index (χ1) is 6.83. The van der Waals surface area contributed by atoms with Crippen molar-refractivity contribution in [3.63, 3.8) is 0 Å². The van der Waals surface area contributed by atoms with Crippen LogP contribution in [0.2, 0.25) is 0 Å². The van der Waals surface area contributed by atoms with Gasteiger partial charge in [0, 0.05) is 18.5 Å². The Balaban J connectivity index is 1.91. The zero-order valence-corrected chi connectivity index (χ0v) is 9.85. The summed E-state index contributed by atoms with van der Waals surface area (Å²) in [7, 11) is 0. The number of ether oxygens (including phenoxy) is 1. The predicted octanol–water partition coefficient (Wildman–Crippen LogP) is 2.41. The lowest BCUT2D eigenvalue weighted by atomic mass is 9.89. The van der Waals surface area contributed by atoms with Gasteiger partial charge in [0.1, 0.15) is 0 Å². The third kappa shape index (κ3) is 5.18. The molecule has 0 aromatic heterocycles. The molecule has 0 bridgehead atoms. The van der Waals surface area contributed by atoms with E-state index in [-0.39, 0.29) is 0 Å². The number of hydrogen-bond donors (Lipinski definition) is 1. The lowest BCUT2D eigenvalue weighted by molar-refractivity contribution is 0.147. The Bertz CT molecular complexity index is 135. The van der Waals surface area contributed by atoms with Gasteiger partial charge in [0.25, 0.3) is 0 Å². The number of nitrogens with one attached hydrogen (secondary N) is 1. The van der Waals surface area contributed by atoms with Crippen molar-refractivity contribution in [3.05, 3.63) is 0 Å². The van der Waals surface area contributed by atoms with Gasteiger partial charge in [0.05, 0.1) is 6.61 Å². The van der Waals surface area contributed by atoms with Gasteiger partial charge in [-0.3, -0.25) is 0 Å². The van der Waals surface area contributed by atoms with Gasteiger partial charge in [-0.1, -0.05) is 0 Å².